The average molecular weight is 270 g/mol. The van der Waals surface area contributed by atoms with Gasteiger partial charge < -0.3 is 15.8 Å². The number of hydrogen-bond donors (Lipinski definition) is 3. The Labute approximate surface area is 111 Å². The highest BCUT2D eigenvalue weighted by Crippen LogP contribution is 2.08. The molecule has 0 aromatic carbocycles. The Morgan fingerprint density at radius 3 is 2.68 bits per heavy atom. The number of aromatic amines is 1. The summed E-state index contributed by atoms with van der Waals surface area (Å²) in [4.78, 5) is 25.3. The molecule has 0 radical (unpaired) electrons. The number of unbranched alkanes of at least 4 members (excludes halogenated alkanes) is 1. The second-order valence-corrected chi connectivity index (χ2v) is 4.16. The molecule has 1 aromatic rings. The molecule has 1 aromatic heterocycles. The largest absolute Gasteiger partial charge is 0.383 e. The second-order valence-electron chi connectivity index (χ2n) is 4.16. The van der Waals surface area contributed by atoms with Gasteiger partial charge in [-0.1, -0.05) is 13.3 Å². The van der Waals surface area contributed by atoms with Crippen molar-refractivity contribution in [2.45, 2.75) is 33.2 Å². The number of nitrogens with two attached hydrogens (primary N) is 1. The summed E-state index contributed by atoms with van der Waals surface area (Å²) in [6.45, 7) is 5.95. The standard InChI is InChI=1S/C12H22N4O3/c1-3-5-7-19-8-6-14-9-10(13)16(4-2)12(18)15-11(9)17/h14H,3-8,13H2,1-2H3,(H,15,17,18). The van der Waals surface area contributed by atoms with Crippen molar-refractivity contribution < 1.29 is 4.74 Å². The van der Waals surface area contributed by atoms with Crippen molar-refractivity contribution in [3.63, 3.8) is 0 Å². The van der Waals surface area contributed by atoms with Crippen LogP contribution in [0.4, 0.5) is 11.5 Å². The van der Waals surface area contributed by atoms with E-state index in [1.807, 2.05) is 0 Å². The van der Waals surface area contributed by atoms with E-state index in [-0.39, 0.29) is 11.5 Å². The maximum atomic E-state index is 11.6. The van der Waals surface area contributed by atoms with Crippen molar-refractivity contribution in [1.82, 2.24) is 9.55 Å². The molecule has 0 atom stereocenters. The van der Waals surface area contributed by atoms with E-state index in [0.717, 1.165) is 12.8 Å². The molecule has 0 aliphatic rings. The van der Waals surface area contributed by atoms with Gasteiger partial charge in [-0.25, -0.2) is 4.79 Å². The third-order valence-corrected chi connectivity index (χ3v) is 2.75. The lowest BCUT2D eigenvalue weighted by Gasteiger charge is -2.12. The summed E-state index contributed by atoms with van der Waals surface area (Å²) < 4.78 is 6.68. The highest BCUT2D eigenvalue weighted by Gasteiger charge is 2.10. The van der Waals surface area contributed by atoms with Gasteiger partial charge in [0, 0.05) is 19.7 Å². The van der Waals surface area contributed by atoms with Crippen LogP contribution in [0.15, 0.2) is 9.59 Å². The monoisotopic (exact) mass is 270 g/mol. The number of H-pyrrole nitrogens is 1. The third-order valence-electron chi connectivity index (χ3n) is 2.75. The van der Waals surface area contributed by atoms with E-state index < -0.39 is 11.2 Å². The Bertz CT molecular complexity index is 507. The van der Waals surface area contributed by atoms with Crippen LogP contribution in [-0.2, 0) is 11.3 Å². The summed E-state index contributed by atoms with van der Waals surface area (Å²) in [7, 11) is 0. The molecule has 0 bridgehead atoms. The number of ether oxygens (including phenoxy) is 1. The Morgan fingerprint density at radius 1 is 1.32 bits per heavy atom. The van der Waals surface area contributed by atoms with Gasteiger partial charge in [0.2, 0.25) is 0 Å². The lowest BCUT2D eigenvalue weighted by atomic mass is 10.4. The minimum atomic E-state index is -0.499. The van der Waals surface area contributed by atoms with Gasteiger partial charge in [-0.15, -0.1) is 0 Å². The molecule has 0 aliphatic heterocycles. The number of hydrogen-bond acceptors (Lipinski definition) is 5. The molecule has 4 N–H and O–H groups in total. The Morgan fingerprint density at radius 2 is 2.05 bits per heavy atom. The fourth-order valence-corrected chi connectivity index (χ4v) is 1.67. The van der Waals surface area contributed by atoms with Crippen LogP contribution in [0.3, 0.4) is 0 Å². The lowest BCUT2D eigenvalue weighted by molar-refractivity contribution is 0.141. The fourth-order valence-electron chi connectivity index (χ4n) is 1.67. The maximum Gasteiger partial charge on any atom is 0.330 e. The van der Waals surface area contributed by atoms with E-state index in [4.69, 9.17) is 10.5 Å². The molecule has 7 heteroatoms. The predicted octanol–water partition coefficient (Wildman–Crippen LogP) is 0.367. The molecule has 0 fully saturated rings. The summed E-state index contributed by atoms with van der Waals surface area (Å²) in [6, 6.07) is 0. The van der Waals surface area contributed by atoms with Crippen LogP contribution in [0.1, 0.15) is 26.7 Å². The Kier molecular flexibility index (Phi) is 6.14. The van der Waals surface area contributed by atoms with Crippen LogP contribution in [0, 0.1) is 0 Å². The van der Waals surface area contributed by atoms with Gasteiger partial charge in [0.05, 0.1) is 6.61 Å². The van der Waals surface area contributed by atoms with E-state index in [1.165, 1.54) is 4.57 Å². The van der Waals surface area contributed by atoms with Gasteiger partial charge in [0.1, 0.15) is 11.5 Å². The van der Waals surface area contributed by atoms with Crippen molar-refractivity contribution in [1.29, 1.82) is 0 Å². The van der Waals surface area contributed by atoms with Crippen LogP contribution in [0.25, 0.3) is 0 Å². The Hall–Kier alpha value is -1.76. The molecule has 1 rings (SSSR count). The highest BCUT2D eigenvalue weighted by molar-refractivity contribution is 5.60. The average Bonchev–Trinajstić information content (AvgIpc) is 2.37. The first-order valence-electron chi connectivity index (χ1n) is 6.56. The topological polar surface area (TPSA) is 102 Å². The van der Waals surface area contributed by atoms with E-state index in [1.54, 1.807) is 6.92 Å². The quantitative estimate of drug-likeness (QED) is 0.592. The Balaban J connectivity index is 2.64. The van der Waals surface area contributed by atoms with Crippen LogP contribution >= 0.6 is 0 Å². The van der Waals surface area contributed by atoms with Gasteiger partial charge in [0.25, 0.3) is 5.56 Å². The first kappa shape index (κ1) is 15.3. The van der Waals surface area contributed by atoms with Crippen LogP contribution < -0.4 is 22.3 Å². The van der Waals surface area contributed by atoms with Gasteiger partial charge in [-0.05, 0) is 13.3 Å². The van der Waals surface area contributed by atoms with Gasteiger partial charge in [-0.3, -0.25) is 14.3 Å². The zero-order chi connectivity index (χ0) is 14.3. The summed E-state index contributed by atoms with van der Waals surface area (Å²) in [5.41, 5.74) is 5.03. The van der Waals surface area contributed by atoms with Crippen molar-refractivity contribution in [3.05, 3.63) is 20.8 Å². The summed E-state index contributed by atoms with van der Waals surface area (Å²) >= 11 is 0. The molecular formula is C12H22N4O3. The van der Waals surface area contributed by atoms with Gasteiger partial charge in [0.15, 0.2) is 0 Å². The van der Waals surface area contributed by atoms with Gasteiger partial charge >= 0.3 is 5.69 Å². The van der Waals surface area contributed by atoms with Crippen LogP contribution in [0.2, 0.25) is 0 Å². The smallest absolute Gasteiger partial charge is 0.330 e. The molecule has 1 heterocycles. The number of anilines is 2. The second kappa shape index (κ2) is 7.63. The van der Waals surface area contributed by atoms with Crippen molar-refractivity contribution in [2.24, 2.45) is 0 Å². The molecule has 7 nitrogen and oxygen atoms in total. The molecule has 108 valence electrons. The highest BCUT2D eigenvalue weighted by atomic mass is 16.5. The molecule has 0 saturated heterocycles. The van der Waals surface area contributed by atoms with Crippen molar-refractivity contribution >= 4 is 11.5 Å². The molecule has 0 saturated carbocycles. The maximum absolute atomic E-state index is 11.6. The first-order valence-corrected chi connectivity index (χ1v) is 6.56. The minimum absolute atomic E-state index is 0.157. The lowest BCUT2D eigenvalue weighted by Crippen LogP contribution is -2.34. The molecule has 0 amide bonds. The number of rotatable bonds is 8. The summed E-state index contributed by atoms with van der Waals surface area (Å²) in [5, 5.41) is 2.91. The zero-order valence-corrected chi connectivity index (χ0v) is 11.5. The van der Waals surface area contributed by atoms with Crippen molar-refractivity contribution in [3.8, 4) is 0 Å². The van der Waals surface area contributed by atoms with E-state index >= 15 is 0 Å². The van der Waals surface area contributed by atoms with Crippen LogP contribution in [-0.4, -0.2) is 29.3 Å². The number of nitrogens with zero attached hydrogens (tertiary/aromatic N) is 1. The normalized spacial score (nSPS) is 10.6. The summed E-state index contributed by atoms with van der Waals surface area (Å²) in [6.07, 6.45) is 2.10. The van der Waals surface area contributed by atoms with E-state index in [9.17, 15) is 9.59 Å². The van der Waals surface area contributed by atoms with E-state index in [2.05, 4.69) is 17.2 Å². The molecule has 0 spiro atoms. The third kappa shape index (κ3) is 4.13. The fraction of sp³-hybridized carbons (Fsp3) is 0.667. The molecular weight excluding hydrogens is 248 g/mol. The van der Waals surface area contributed by atoms with Crippen LogP contribution in [0.5, 0.6) is 0 Å². The SMILES string of the molecule is CCCCOCCNc1c(N)n(CC)c(=O)[nH]c1=O. The zero-order valence-electron chi connectivity index (χ0n) is 11.5. The molecule has 0 unspecified atom stereocenters. The van der Waals surface area contributed by atoms with Gasteiger partial charge in [-0.2, -0.15) is 0 Å². The van der Waals surface area contributed by atoms with Crippen molar-refractivity contribution in [2.75, 3.05) is 30.8 Å². The summed E-state index contributed by atoms with van der Waals surface area (Å²) in [5.74, 6) is 0.157. The molecule has 0 aliphatic carbocycles. The minimum Gasteiger partial charge on any atom is -0.383 e. The number of aromatic nitrogens is 2. The number of nitrogens with one attached hydrogen (secondary N) is 2. The molecule has 19 heavy (non-hydrogen) atoms. The first-order chi connectivity index (χ1) is 9.11. The van der Waals surface area contributed by atoms with E-state index in [0.29, 0.717) is 26.3 Å². The number of nitrogen functional groups attached to an aromatic ring is 1. The predicted molar refractivity (Wildman–Crippen MR) is 75.6 cm³/mol.